The lowest BCUT2D eigenvalue weighted by atomic mass is 10.1. The molecule has 1 aliphatic rings. The summed E-state index contributed by atoms with van der Waals surface area (Å²) in [5.41, 5.74) is 1.70. The van der Waals surface area contributed by atoms with E-state index in [1.54, 1.807) is 23.6 Å². The van der Waals surface area contributed by atoms with Crippen molar-refractivity contribution in [3.8, 4) is 0 Å². The number of fused-ring (bicyclic) bond motifs is 1. The maximum Gasteiger partial charge on any atom is 0.324 e. The molecule has 3 aromatic rings. The number of para-hydroxylation sites is 1. The van der Waals surface area contributed by atoms with E-state index in [-0.39, 0.29) is 17.5 Å². The molecule has 3 amide bonds. The Labute approximate surface area is 184 Å². The lowest BCUT2D eigenvalue weighted by molar-refractivity contribution is -0.126. The molecule has 1 saturated heterocycles. The summed E-state index contributed by atoms with van der Waals surface area (Å²) in [5.74, 6) is -0.279. The van der Waals surface area contributed by atoms with Gasteiger partial charge in [0.1, 0.15) is 0 Å². The normalized spacial score (nSPS) is 14.6. The van der Waals surface area contributed by atoms with Crippen LogP contribution in [-0.2, 0) is 17.8 Å². The van der Waals surface area contributed by atoms with Crippen molar-refractivity contribution in [3.63, 3.8) is 0 Å². The van der Waals surface area contributed by atoms with E-state index < -0.39 is 5.25 Å². The number of carbonyl (C=O) groups excluding carboxylic acids is 2. The van der Waals surface area contributed by atoms with Gasteiger partial charge >= 0.3 is 6.03 Å². The Morgan fingerprint density at radius 1 is 1.13 bits per heavy atom. The van der Waals surface area contributed by atoms with E-state index >= 15 is 0 Å². The third-order valence-electron chi connectivity index (χ3n) is 5.27. The molecule has 31 heavy (non-hydrogen) atoms. The Bertz CT molecular complexity index is 1160. The zero-order chi connectivity index (χ0) is 21.8. The lowest BCUT2D eigenvalue weighted by Crippen LogP contribution is -2.39. The van der Waals surface area contributed by atoms with Crippen LogP contribution in [0.4, 0.5) is 4.79 Å². The van der Waals surface area contributed by atoms with E-state index in [9.17, 15) is 14.4 Å². The van der Waals surface area contributed by atoms with E-state index in [0.717, 1.165) is 12.8 Å². The Morgan fingerprint density at radius 2 is 1.87 bits per heavy atom. The first-order valence-electron chi connectivity index (χ1n) is 10.3. The molecule has 0 unspecified atom stereocenters. The van der Waals surface area contributed by atoms with Gasteiger partial charge in [0.25, 0.3) is 5.56 Å². The van der Waals surface area contributed by atoms with Gasteiger partial charge in [0.15, 0.2) is 5.16 Å². The number of aryl methyl sites for hydroxylation is 1. The van der Waals surface area contributed by atoms with Gasteiger partial charge in [-0.2, -0.15) is 0 Å². The topological polar surface area (TPSA) is 84.3 Å². The van der Waals surface area contributed by atoms with Crippen LogP contribution in [0, 0.1) is 0 Å². The summed E-state index contributed by atoms with van der Waals surface area (Å²) in [6, 6.07) is 17.0. The van der Waals surface area contributed by atoms with E-state index in [0.29, 0.717) is 35.7 Å². The summed E-state index contributed by atoms with van der Waals surface area (Å²) in [7, 11) is 0. The third kappa shape index (κ3) is 4.64. The number of nitrogens with zero attached hydrogens (tertiary/aromatic N) is 3. The molecular formula is C23H24N4O3S. The molecule has 1 aliphatic heterocycles. The number of rotatable bonds is 7. The monoisotopic (exact) mass is 436 g/mol. The molecule has 0 spiro atoms. The molecule has 1 fully saturated rings. The van der Waals surface area contributed by atoms with Crippen molar-refractivity contribution >= 4 is 34.6 Å². The van der Waals surface area contributed by atoms with Crippen molar-refractivity contribution in [2.75, 3.05) is 13.1 Å². The molecular weight excluding hydrogens is 412 g/mol. The number of urea groups is 1. The van der Waals surface area contributed by atoms with Gasteiger partial charge in [-0.1, -0.05) is 54.2 Å². The molecule has 0 saturated carbocycles. The zero-order valence-corrected chi connectivity index (χ0v) is 18.1. The molecule has 2 heterocycles. The summed E-state index contributed by atoms with van der Waals surface area (Å²) in [4.78, 5) is 43.7. The first kappa shape index (κ1) is 21.1. The van der Waals surface area contributed by atoms with Crippen LogP contribution >= 0.6 is 11.8 Å². The summed E-state index contributed by atoms with van der Waals surface area (Å²) in [5, 5.41) is 3.16. The average Bonchev–Trinajstić information content (AvgIpc) is 3.21. The molecule has 8 heteroatoms. The van der Waals surface area contributed by atoms with Crippen LogP contribution in [-0.4, -0.2) is 44.7 Å². The number of amides is 3. The molecule has 0 bridgehead atoms. The van der Waals surface area contributed by atoms with Gasteiger partial charge in [-0.25, -0.2) is 9.78 Å². The highest BCUT2D eigenvalue weighted by Crippen LogP contribution is 2.24. The Morgan fingerprint density at radius 3 is 2.61 bits per heavy atom. The highest BCUT2D eigenvalue weighted by Gasteiger charge is 2.31. The van der Waals surface area contributed by atoms with Gasteiger partial charge < -0.3 is 5.32 Å². The number of aromatic nitrogens is 2. The molecule has 160 valence electrons. The van der Waals surface area contributed by atoms with Crippen molar-refractivity contribution in [1.82, 2.24) is 19.8 Å². The van der Waals surface area contributed by atoms with E-state index in [1.165, 1.54) is 22.2 Å². The van der Waals surface area contributed by atoms with Crippen LogP contribution in [0.5, 0.6) is 0 Å². The predicted octanol–water partition coefficient (Wildman–Crippen LogP) is 3.06. The van der Waals surface area contributed by atoms with Crippen LogP contribution in [0.3, 0.4) is 0 Å². The van der Waals surface area contributed by atoms with Crippen LogP contribution in [0.15, 0.2) is 64.5 Å². The second kappa shape index (κ2) is 9.34. The number of nitrogens with one attached hydrogen (secondary N) is 1. The van der Waals surface area contributed by atoms with Crippen molar-refractivity contribution in [2.24, 2.45) is 0 Å². The maximum absolute atomic E-state index is 13.2. The second-order valence-corrected chi connectivity index (χ2v) is 8.75. The standard InChI is InChI=1S/C23H24N4O3S/c1-16(20(28)26-15-13-24-22(26)30)31-23-25-19-12-6-5-11-18(19)21(29)27(23)14-7-10-17-8-3-2-4-9-17/h2-6,8-9,11-12,16H,7,10,13-15H2,1H3,(H,24,30)/t16-/m0/s1. The molecule has 0 aliphatic carbocycles. The molecule has 7 nitrogen and oxygen atoms in total. The minimum atomic E-state index is -0.544. The fourth-order valence-corrected chi connectivity index (χ4v) is 4.63. The zero-order valence-electron chi connectivity index (χ0n) is 17.3. The van der Waals surface area contributed by atoms with Gasteiger partial charge in [0.2, 0.25) is 5.91 Å². The number of carbonyl (C=O) groups is 2. The van der Waals surface area contributed by atoms with Crippen LogP contribution in [0.2, 0.25) is 0 Å². The molecule has 1 atom stereocenters. The summed E-state index contributed by atoms with van der Waals surface area (Å²) < 4.78 is 1.66. The fourth-order valence-electron chi connectivity index (χ4n) is 3.63. The van der Waals surface area contributed by atoms with Crippen molar-refractivity contribution < 1.29 is 9.59 Å². The average molecular weight is 437 g/mol. The maximum atomic E-state index is 13.2. The van der Waals surface area contributed by atoms with Gasteiger partial charge in [-0.3, -0.25) is 19.1 Å². The van der Waals surface area contributed by atoms with Gasteiger partial charge in [-0.15, -0.1) is 0 Å². The largest absolute Gasteiger partial charge is 0.336 e. The Balaban J connectivity index is 1.59. The minimum absolute atomic E-state index is 0.111. The molecule has 2 aromatic carbocycles. The van der Waals surface area contributed by atoms with Crippen molar-refractivity contribution in [2.45, 2.75) is 36.7 Å². The highest BCUT2D eigenvalue weighted by atomic mass is 32.2. The Kier molecular flexibility index (Phi) is 6.36. The SMILES string of the molecule is C[C@H](Sc1nc2ccccc2c(=O)n1CCCc1ccccc1)C(=O)N1CCNC1=O. The minimum Gasteiger partial charge on any atom is -0.336 e. The predicted molar refractivity (Wildman–Crippen MR) is 121 cm³/mol. The van der Waals surface area contributed by atoms with E-state index in [4.69, 9.17) is 0 Å². The second-order valence-electron chi connectivity index (χ2n) is 7.44. The lowest BCUT2D eigenvalue weighted by Gasteiger charge is -2.19. The van der Waals surface area contributed by atoms with Crippen LogP contribution < -0.4 is 10.9 Å². The van der Waals surface area contributed by atoms with Gasteiger partial charge in [-0.05, 0) is 37.5 Å². The summed E-state index contributed by atoms with van der Waals surface area (Å²) in [6.45, 7) is 3.06. The molecule has 4 rings (SSSR count). The van der Waals surface area contributed by atoms with Crippen LogP contribution in [0.1, 0.15) is 18.9 Å². The van der Waals surface area contributed by atoms with Gasteiger partial charge in [0.05, 0.1) is 16.2 Å². The fraction of sp³-hybridized carbons (Fsp3) is 0.304. The van der Waals surface area contributed by atoms with E-state index in [1.807, 2.05) is 30.3 Å². The number of hydrogen-bond donors (Lipinski definition) is 1. The van der Waals surface area contributed by atoms with E-state index in [2.05, 4.69) is 22.4 Å². The first-order chi connectivity index (χ1) is 15.0. The highest BCUT2D eigenvalue weighted by molar-refractivity contribution is 8.00. The summed E-state index contributed by atoms with van der Waals surface area (Å²) in [6.07, 6.45) is 1.61. The first-order valence-corrected chi connectivity index (χ1v) is 11.2. The Hall–Kier alpha value is -3.13. The van der Waals surface area contributed by atoms with Crippen LogP contribution in [0.25, 0.3) is 10.9 Å². The number of hydrogen-bond acceptors (Lipinski definition) is 5. The summed E-state index contributed by atoms with van der Waals surface area (Å²) >= 11 is 1.22. The smallest absolute Gasteiger partial charge is 0.324 e. The quantitative estimate of drug-likeness (QED) is 0.455. The van der Waals surface area contributed by atoms with Gasteiger partial charge in [0, 0.05) is 19.6 Å². The van der Waals surface area contributed by atoms with Crippen molar-refractivity contribution in [3.05, 3.63) is 70.5 Å². The molecule has 0 radical (unpaired) electrons. The molecule has 1 aromatic heterocycles. The number of imide groups is 1. The number of thioether (sulfide) groups is 1. The number of benzene rings is 2. The third-order valence-corrected chi connectivity index (χ3v) is 6.35. The molecule has 1 N–H and O–H groups in total. The van der Waals surface area contributed by atoms with Crippen molar-refractivity contribution in [1.29, 1.82) is 0 Å².